The van der Waals surface area contributed by atoms with Crippen LogP contribution in [0.2, 0.25) is 0 Å². The van der Waals surface area contributed by atoms with E-state index in [0.717, 1.165) is 75.8 Å². The Morgan fingerprint density at radius 3 is 2.35 bits per heavy atom. The number of amides is 3. The molecule has 1 saturated carbocycles. The van der Waals surface area contributed by atoms with Gasteiger partial charge in [-0.05, 0) is 127 Å². The Bertz CT molecular complexity index is 2450. The Morgan fingerprint density at radius 1 is 0.957 bits per heavy atom. The number of carbonyl (C=O) groups excluding carboxylic acids is 3. The molecule has 1 atom stereocenters. The Morgan fingerprint density at radius 2 is 1.68 bits per heavy atom. The molecule has 1 aliphatic carbocycles. The number of nitrogens with one attached hydrogen (secondary N) is 3. The summed E-state index contributed by atoms with van der Waals surface area (Å²) in [4.78, 5) is 48.7. The lowest BCUT2D eigenvalue weighted by Crippen LogP contribution is -2.44. The number of imide groups is 1. The molecule has 19 heteroatoms. The maximum Gasteiger partial charge on any atom is 0.419 e. The molecule has 2 aromatic heterocycles. The zero-order chi connectivity index (χ0) is 49.1. The highest BCUT2D eigenvalue weighted by Crippen LogP contribution is 2.37. The monoisotopic (exact) mass is 975 g/mol. The van der Waals surface area contributed by atoms with Gasteiger partial charge in [0, 0.05) is 59.9 Å². The van der Waals surface area contributed by atoms with Crippen molar-refractivity contribution in [3.05, 3.63) is 83.6 Å². The number of piperidine rings is 3. The third kappa shape index (κ3) is 15.1. The summed E-state index contributed by atoms with van der Waals surface area (Å²) in [6, 6.07) is 12.5. The number of aromatic nitrogens is 4. The van der Waals surface area contributed by atoms with Crippen LogP contribution in [0.1, 0.15) is 107 Å². The maximum absolute atomic E-state index is 14.8. The van der Waals surface area contributed by atoms with Crippen molar-refractivity contribution in [1.82, 2.24) is 39.6 Å². The standard InChI is InChI=1S/C26H32N2O4.C24H29F4N7OS/c29-24-13-12-23(25(30)27-24)20-10-8-19(9-11-20)5-4-18-32-22-14-16-28(17-15-22)26(31)21-6-2-1-3-7-21;1-23(2,36)14-35-13-15(11-30-35)21-18(24(26,27)28)12-29-22(32-21)31-20-5-4-17(10-19(20)25)37-33-16-6-8-34(3)9-7-16/h8-11,21-23H,1-3,6-7,12-18H2,(H,27,29,30);4-5,10-13,16,33,36H,6-9,14H2,1-3H3,(H,29,31,32). The number of rotatable bonds is 12. The van der Waals surface area contributed by atoms with Gasteiger partial charge < -0.3 is 25.0 Å². The normalized spacial score (nSPS) is 19.0. The Kier molecular flexibility index (Phi) is 17.5. The predicted octanol–water partition coefficient (Wildman–Crippen LogP) is 7.85. The van der Waals surface area contributed by atoms with Crippen LogP contribution >= 0.6 is 11.9 Å². The van der Waals surface area contributed by atoms with Gasteiger partial charge in [0.2, 0.25) is 23.7 Å². The summed E-state index contributed by atoms with van der Waals surface area (Å²) in [7, 11) is 2.08. The van der Waals surface area contributed by atoms with Crippen LogP contribution in [-0.4, -0.2) is 110 Å². The zero-order valence-corrected chi connectivity index (χ0v) is 40.1. The summed E-state index contributed by atoms with van der Waals surface area (Å²) in [6.45, 7) is 7.15. The molecule has 0 bridgehead atoms. The summed E-state index contributed by atoms with van der Waals surface area (Å²) >= 11 is 1.35. The van der Waals surface area contributed by atoms with Crippen molar-refractivity contribution in [3.63, 3.8) is 0 Å². The minimum Gasteiger partial charge on any atom is -0.389 e. The molecule has 4 fully saturated rings. The number of anilines is 2. The molecule has 14 nitrogen and oxygen atoms in total. The van der Waals surface area contributed by atoms with Gasteiger partial charge >= 0.3 is 6.18 Å². The molecule has 0 radical (unpaired) electrons. The molecule has 4 aromatic rings. The first kappa shape index (κ1) is 51.5. The quantitative estimate of drug-likeness (QED) is 0.0471. The largest absolute Gasteiger partial charge is 0.419 e. The SMILES string of the molecule is CN1CCC(NSc2ccc(Nc3ncc(C(F)(F)F)c(-c4cnn(CC(C)(C)O)c4)n3)c(F)c2)CC1.O=C1CCC(c2ccc(C#CCOC3CCN(C(=O)C4CCCCC4)CC3)cc2)C(=O)N1. The third-order valence-corrected chi connectivity index (χ3v) is 13.6. The third-order valence-electron chi connectivity index (χ3n) is 12.7. The molecule has 4 N–H and O–H groups in total. The highest BCUT2D eigenvalue weighted by atomic mass is 32.2. The van der Waals surface area contributed by atoms with Gasteiger partial charge in [-0.15, -0.1) is 0 Å². The van der Waals surface area contributed by atoms with E-state index in [0.29, 0.717) is 42.5 Å². The lowest BCUT2D eigenvalue weighted by Gasteiger charge is -2.34. The van der Waals surface area contributed by atoms with Crippen LogP contribution < -0.4 is 15.4 Å². The lowest BCUT2D eigenvalue weighted by molar-refractivity contribution is -0.139. The van der Waals surface area contributed by atoms with Crippen LogP contribution in [-0.2, 0) is 31.8 Å². The first-order chi connectivity index (χ1) is 33.0. The summed E-state index contributed by atoms with van der Waals surface area (Å²) in [5.74, 6) is 5.31. The van der Waals surface area contributed by atoms with Crippen LogP contribution in [0.4, 0.5) is 29.2 Å². The molecule has 3 aliphatic heterocycles. The summed E-state index contributed by atoms with van der Waals surface area (Å²) < 4.78 is 66.4. The molecule has 370 valence electrons. The number of hydrogen-bond acceptors (Lipinski definition) is 12. The van der Waals surface area contributed by atoms with Gasteiger partial charge in [0.05, 0.1) is 41.7 Å². The molecular formula is C50H61F4N9O5S. The van der Waals surface area contributed by atoms with Crippen molar-refractivity contribution in [2.45, 2.75) is 126 Å². The summed E-state index contributed by atoms with van der Waals surface area (Å²) in [5.41, 5.74) is -0.653. The van der Waals surface area contributed by atoms with Gasteiger partial charge in [0.15, 0.2) is 0 Å². The number of ether oxygens (including phenoxy) is 1. The summed E-state index contributed by atoms with van der Waals surface area (Å²) in [6.07, 6.45) is 9.16. The van der Waals surface area contributed by atoms with Crippen LogP contribution in [0.3, 0.4) is 0 Å². The van der Waals surface area contributed by atoms with E-state index in [4.69, 9.17) is 4.74 Å². The fourth-order valence-electron chi connectivity index (χ4n) is 8.86. The lowest BCUT2D eigenvalue weighted by atomic mass is 9.88. The van der Waals surface area contributed by atoms with E-state index >= 15 is 0 Å². The molecular weight excluding hydrogens is 915 g/mol. The van der Waals surface area contributed by atoms with E-state index < -0.39 is 28.9 Å². The van der Waals surface area contributed by atoms with Gasteiger partial charge in [0.25, 0.3) is 0 Å². The first-order valence-electron chi connectivity index (χ1n) is 23.7. The molecule has 1 unspecified atom stereocenters. The van der Waals surface area contributed by atoms with Crippen molar-refractivity contribution in [1.29, 1.82) is 0 Å². The van der Waals surface area contributed by atoms with Crippen LogP contribution in [0, 0.1) is 23.6 Å². The molecule has 3 amide bonds. The number of nitrogens with zero attached hydrogens (tertiary/aromatic N) is 6. The topological polar surface area (TPSA) is 167 Å². The van der Waals surface area contributed by atoms with Crippen molar-refractivity contribution >= 4 is 41.3 Å². The number of aliphatic hydroxyl groups is 1. The van der Waals surface area contributed by atoms with E-state index in [-0.39, 0.29) is 53.5 Å². The number of carbonyl (C=O) groups is 3. The Hall–Kier alpha value is -5.39. The number of halogens is 4. The summed E-state index contributed by atoms with van der Waals surface area (Å²) in [5, 5.41) is 19.1. The van der Waals surface area contributed by atoms with Crippen molar-refractivity contribution in [2.75, 3.05) is 45.2 Å². The minimum absolute atomic E-state index is 0.0343. The molecule has 2 aromatic carbocycles. The minimum atomic E-state index is -4.71. The number of hydrogen-bond donors (Lipinski definition) is 4. The van der Waals surface area contributed by atoms with Crippen LogP contribution in [0.25, 0.3) is 11.3 Å². The predicted molar refractivity (Wildman–Crippen MR) is 254 cm³/mol. The number of likely N-dealkylation sites (tertiary alicyclic amines) is 2. The Labute approximate surface area is 404 Å². The molecule has 4 aliphatic rings. The van der Waals surface area contributed by atoms with E-state index in [1.165, 1.54) is 60.4 Å². The van der Waals surface area contributed by atoms with Gasteiger partial charge in [-0.1, -0.05) is 43.2 Å². The first-order valence-corrected chi connectivity index (χ1v) is 24.5. The van der Waals surface area contributed by atoms with Crippen LogP contribution in [0.5, 0.6) is 0 Å². The van der Waals surface area contributed by atoms with E-state index in [1.807, 2.05) is 29.2 Å². The van der Waals surface area contributed by atoms with Crippen molar-refractivity contribution in [2.24, 2.45) is 5.92 Å². The average molecular weight is 976 g/mol. The molecule has 8 rings (SSSR count). The highest BCUT2D eigenvalue weighted by Gasteiger charge is 2.36. The molecule has 0 spiro atoms. The molecule has 69 heavy (non-hydrogen) atoms. The van der Waals surface area contributed by atoms with Gasteiger partial charge in [-0.3, -0.25) is 29.1 Å². The second-order valence-electron chi connectivity index (χ2n) is 18.9. The Balaban J connectivity index is 0.000000206. The molecule has 3 saturated heterocycles. The maximum atomic E-state index is 14.8. The van der Waals surface area contributed by atoms with Crippen LogP contribution in [0.15, 0.2) is 66.0 Å². The molecule has 5 heterocycles. The van der Waals surface area contributed by atoms with E-state index in [2.05, 4.69) is 54.2 Å². The van der Waals surface area contributed by atoms with Gasteiger partial charge in [0.1, 0.15) is 18.0 Å². The van der Waals surface area contributed by atoms with Crippen molar-refractivity contribution in [3.8, 4) is 23.1 Å². The smallest absolute Gasteiger partial charge is 0.389 e. The average Bonchev–Trinajstić information content (AvgIpc) is 3.78. The fraction of sp³-hybridized carbons (Fsp3) is 0.520. The van der Waals surface area contributed by atoms with E-state index in [1.54, 1.807) is 19.9 Å². The zero-order valence-electron chi connectivity index (χ0n) is 39.3. The second kappa shape index (κ2) is 23.5. The van der Waals surface area contributed by atoms with Crippen molar-refractivity contribution < 1.29 is 41.8 Å². The van der Waals surface area contributed by atoms with E-state index in [9.17, 15) is 37.1 Å². The second-order valence-corrected chi connectivity index (χ2v) is 19.8. The van der Waals surface area contributed by atoms with Gasteiger partial charge in [-0.25, -0.2) is 14.4 Å². The number of benzene rings is 2. The fourth-order valence-corrected chi connectivity index (χ4v) is 9.69. The highest BCUT2D eigenvalue weighted by molar-refractivity contribution is 7.97. The number of alkyl halides is 3. The van der Waals surface area contributed by atoms with Gasteiger partial charge in [-0.2, -0.15) is 18.3 Å².